The number of piperazine rings is 1. The normalized spacial score (nSPS) is 21.5. The maximum atomic E-state index is 12.5. The van der Waals surface area contributed by atoms with Gasteiger partial charge in [0, 0.05) is 57.6 Å². The van der Waals surface area contributed by atoms with Crippen LogP contribution in [-0.4, -0.2) is 96.4 Å². The lowest BCUT2D eigenvalue weighted by Gasteiger charge is -2.60. The Morgan fingerprint density at radius 1 is 1.19 bits per heavy atom. The highest BCUT2D eigenvalue weighted by Crippen LogP contribution is 2.48. The number of aliphatic imine (C=N–C) groups is 1. The zero-order chi connectivity index (χ0) is 26.6. The second kappa shape index (κ2) is 11.2. The molecule has 2 amide bonds. The number of benzene rings is 1. The number of nitrogens with zero attached hydrogens (tertiary/aromatic N) is 4. The molecule has 10 nitrogen and oxygen atoms in total. The number of hydrogen-bond acceptors (Lipinski definition) is 7. The lowest BCUT2D eigenvalue weighted by molar-refractivity contribution is -0.137. The third kappa shape index (κ3) is 6.68. The van der Waals surface area contributed by atoms with Crippen LogP contribution in [0.1, 0.15) is 33.6 Å². The van der Waals surface area contributed by atoms with E-state index in [1.54, 1.807) is 31.0 Å². The number of nitrogens with one attached hydrogen (secondary N) is 1. The molecule has 1 aliphatic carbocycles. The minimum Gasteiger partial charge on any atom is -0.492 e. The van der Waals surface area contributed by atoms with Crippen molar-refractivity contribution in [1.29, 1.82) is 0 Å². The number of carbonyl (C=O) groups is 2. The minimum absolute atomic E-state index is 0.0606. The van der Waals surface area contributed by atoms with Crippen LogP contribution >= 0.6 is 0 Å². The van der Waals surface area contributed by atoms with Crippen LogP contribution in [-0.2, 0) is 9.59 Å². The molecule has 3 aliphatic rings. The first-order valence-corrected chi connectivity index (χ1v) is 13.1. The maximum Gasteiger partial charge on any atom is 0.242 e. The van der Waals surface area contributed by atoms with Gasteiger partial charge in [-0.25, -0.2) is 4.99 Å². The monoisotopic (exact) mass is 511 g/mol. The van der Waals surface area contributed by atoms with E-state index in [1.807, 2.05) is 24.3 Å². The van der Waals surface area contributed by atoms with Gasteiger partial charge in [0.1, 0.15) is 18.2 Å². The highest BCUT2D eigenvalue weighted by atomic mass is 16.5. The summed E-state index contributed by atoms with van der Waals surface area (Å²) in [4.78, 5) is 34.4. The fourth-order valence-electron chi connectivity index (χ4n) is 5.43. The molecule has 2 heterocycles. The third-order valence-electron chi connectivity index (χ3n) is 7.50. The standard InChI is InChI=1S/C27H41N7O3/c1-20(34-17-27(18-34)14-21(28)15-27)16-37-23-6-4-22(5-7-23)31-24(8-9-30-19-35)32-10-12-33(13-11-32)25(36)26(2,3)29/h4-9,19-21H,10-18,28-29H2,1-3H3,(H,30,35)/b9-8-,31-24?. The summed E-state index contributed by atoms with van der Waals surface area (Å²) in [5.41, 5.74) is 12.3. The number of hydrogen-bond donors (Lipinski definition) is 3. The molecular weight excluding hydrogens is 470 g/mol. The van der Waals surface area contributed by atoms with Gasteiger partial charge in [-0.3, -0.25) is 14.5 Å². The molecule has 0 aromatic heterocycles. The van der Waals surface area contributed by atoms with Crippen molar-refractivity contribution in [3.8, 4) is 5.75 Å². The average Bonchev–Trinajstić information content (AvgIpc) is 2.83. The van der Waals surface area contributed by atoms with Crippen molar-refractivity contribution in [2.24, 2.45) is 21.9 Å². The smallest absolute Gasteiger partial charge is 0.242 e. The van der Waals surface area contributed by atoms with E-state index in [0.29, 0.717) is 62.5 Å². The Morgan fingerprint density at radius 3 is 2.38 bits per heavy atom. The van der Waals surface area contributed by atoms with Crippen molar-refractivity contribution in [3.05, 3.63) is 36.5 Å². The zero-order valence-electron chi connectivity index (χ0n) is 22.2. The van der Waals surface area contributed by atoms with E-state index in [4.69, 9.17) is 21.2 Å². The highest BCUT2D eigenvalue weighted by molar-refractivity contribution is 5.95. The Morgan fingerprint density at radius 2 is 1.81 bits per heavy atom. The van der Waals surface area contributed by atoms with Crippen LogP contribution in [0.3, 0.4) is 0 Å². The molecule has 4 rings (SSSR count). The molecule has 37 heavy (non-hydrogen) atoms. The van der Waals surface area contributed by atoms with Crippen molar-refractivity contribution < 1.29 is 14.3 Å². The number of likely N-dealkylation sites (tertiary alicyclic amines) is 1. The third-order valence-corrected chi connectivity index (χ3v) is 7.50. The fourth-order valence-corrected chi connectivity index (χ4v) is 5.43. The van der Waals surface area contributed by atoms with Crippen LogP contribution in [0.15, 0.2) is 41.5 Å². The van der Waals surface area contributed by atoms with Crippen molar-refractivity contribution in [2.75, 3.05) is 45.9 Å². The molecule has 1 atom stereocenters. The van der Waals surface area contributed by atoms with E-state index >= 15 is 0 Å². The van der Waals surface area contributed by atoms with Gasteiger partial charge in [-0.2, -0.15) is 0 Å². The Balaban J connectivity index is 1.32. The summed E-state index contributed by atoms with van der Waals surface area (Å²) >= 11 is 0. The van der Waals surface area contributed by atoms with Gasteiger partial charge in [0.15, 0.2) is 0 Å². The topological polar surface area (TPSA) is 130 Å². The molecular formula is C27H41N7O3. The van der Waals surface area contributed by atoms with Crippen LogP contribution in [0.2, 0.25) is 0 Å². The van der Waals surface area contributed by atoms with E-state index in [2.05, 4.69) is 22.0 Å². The first-order chi connectivity index (χ1) is 17.6. The molecule has 1 aromatic carbocycles. The predicted molar refractivity (Wildman–Crippen MR) is 144 cm³/mol. The highest BCUT2D eigenvalue weighted by Gasteiger charge is 2.51. The van der Waals surface area contributed by atoms with Gasteiger partial charge in [-0.05, 0) is 69.4 Å². The van der Waals surface area contributed by atoms with E-state index < -0.39 is 5.54 Å². The molecule has 0 radical (unpaired) electrons. The van der Waals surface area contributed by atoms with E-state index in [9.17, 15) is 9.59 Å². The SMILES string of the molecule is CC(COc1ccc(N=C(/C=C\NC=O)N2CCN(C(=O)C(C)(C)N)CC2)cc1)N1CC2(CC(N)C2)C1. The second-order valence-corrected chi connectivity index (χ2v) is 11.3. The van der Waals surface area contributed by atoms with Crippen LogP contribution in [0.5, 0.6) is 5.75 Å². The summed E-state index contributed by atoms with van der Waals surface area (Å²) < 4.78 is 6.05. The van der Waals surface area contributed by atoms with Gasteiger partial charge in [0.05, 0.1) is 11.2 Å². The van der Waals surface area contributed by atoms with Crippen LogP contribution < -0.4 is 21.5 Å². The van der Waals surface area contributed by atoms with Crippen LogP contribution in [0.4, 0.5) is 5.69 Å². The lowest BCUT2D eigenvalue weighted by atomic mass is 9.60. The van der Waals surface area contributed by atoms with Crippen molar-refractivity contribution in [1.82, 2.24) is 20.0 Å². The summed E-state index contributed by atoms with van der Waals surface area (Å²) in [7, 11) is 0. The molecule has 1 spiro atoms. The molecule has 202 valence electrons. The van der Waals surface area contributed by atoms with E-state index in [-0.39, 0.29) is 5.91 Å². The molecule has 0 bridgehead atoms. The summed E-state index contributed by atoms with van der Waals surface area (Å²) in [6.45, 7) is 10.9. The van der Waals surface area contributed by atoms with Gasteiger partial charge in [0.25, 0.3) is 0 Å². The van der Waals surface area contributed by atoms with Gasteiger partial charge in [-0.1, -0.05) is 0 Å². The Bertz CT molecular complexity index is 996. The van der Waals surface area contributed by atoms with E-state index in [0.717, 1.165) is 37.4 Å². The summed E-state index contributed by atoms with van der Waals surface area (Å²) in [5, 5.41) is 2.54. The quantitative estimate of drug-likeness (QED) is 0.257. The molecule has 2 aliphatic heterocycles. The Kier molecular flexibility index (Phi) is 8.20. The molecule has 3 fully saturated rings. The second-order valence-electron chi connectivity index (χ2n) is 11.3. The number of amides is 2. The molecule has 1 unspecified atom stereocenters. The molecule has 1 saturated carbocycles. The fraction of sp³-hybridized carbons (Fsp3) is 0.593. The molecule has 1 aromatic rings. The van der Waals surface area contributed by atoms with Gasteiger partial charge < -0.3 is 31.3 Å². The van der Waals surface area contributed by atoms with Crippen LogP contribution in [0, 0.1) is 5.41 Å². The molecule has 2 saturated heterocycles. The Labute approximate surface area is 219 Å². The first-order valence-electron chi connectivity index (χ1n) is 13.1. The van der Waals surface area contributed by atoms with Crippen molar-refractivity contribution in [2.45, 2.75) is 51.2 Å². The number of rotatable bonds is 9. The molecule has 5 N–H and O–H groups in total. The summed E-state index contributed by atoms with van der Waals surface area (Å²) in [6.07, 6.45) is 6.24. The van der Waals surface area contributed by atoms with Crippen molar-refractivity contribution in [3.63, 3.8) is 0 Å². The predicted octanol–water partition coefficient (Wildman–Crippen LogP) is 1.05. The number of carbonyl (C=O) groups excluding carboxylic acids is 2. The number of nitrogens with two attached hydrogens (primary N) is 2. The minimum atomic E-state index is -0.892. The summed E-state index contributed by atoms with van der Waals surface area (Å²) in [6, 6.07) is 8.46. The Hall–Kier alpha value is -2.95. The first kappa shape index (κ1) is 27.1. The van der Waals surface area contributed by atoms with Gasteiger partial charge >= 0.3 is 0 Å². The van der Waals surface area contributed by atoms with Crippen LogP contribution in [0.25, 0.3) is 0 Å². The average molecular weight is 512 g/mol. The van der Waals surface area contributed by atoms with E-state index in [1.165, 1.54) is 0 Å². The number of ether oxygens (including phenoxy) is 1. The lowest BCUT2D eigenvalue weighted by Crippen LogP contribution is -2.67. The molecule has 10 heteroatoms. The maximum absolute atomic E-state index is 12.5. The van der Waals surface area contributed by atoms with Gasteiger partial charge in [-0.15, -0.1) is 0 Å². The zero-order valence-corrected chi connectivity index (χ0v) is 22.2. The largest absolute Gasteiger partial charge is 0.492 e. The van der Waals surface area contributed by atoms with Crippen molar-refractivity contribution >= 4 is 23.8 Å². The summed E-state index contributed by atoms with van der Waals surface area (Å²) in [5.74, 6) is 1.45. The number of amidine groups is 1. The van der Waals surface area contributed by atoms with Gasteiger partial charge in [0.2, 0.25) is 12.3 Å².